The molecule has 0 fully saturated rings. The van der Waals surface area contributed by atoms with E-state index < -0.39 is 0 Å². The van der Waals surface area contributed by atoms with Gasteiger partial charge in [-0.2, -0.15) is 5.10 Å². The lowest BCUT2D eigenvalue weighted by molar-refractivity contribution is -0.121. The van der Waals surface area contributed by atoms with Crippen molar-refractivity contribution in [2.45, 2.75) is 39.8 Å². The van der Waals surface area contributed by atoms with Crippen LogP contribution in [0.3, 0.4) is 0 Å². The summed E-state index contributed by atoms with van der Waals surface area (Å²) >= 11 is 1.65. The first-order valence-electron chi connectivity index (χ1n) is 8.68. The van der Waals surface area contributed by atoms with E-state index in [1.54, 1.807) is 28.3 Å². The van der Waals surface area contributed by atoms with Crippen molar-refractivity contribution in [3.8, 4) is 0 Å². The molecule has 0 bridgehead atoms. The van der Waals surface area contributed by atoms with Crippen LogP contribution in [0.2, 0.25) is 0 Å². The maximum atomic E-state index is 12.7. The summed E-state index contributed by atoms with van der Waals surface area (Å²) in [7, 11) is 0. The summed E-state index contributed by atoms with van der Waals surface area (Å²) in [4.78, 5) is 30.3. The van der Waals surface area contributed by atoms with E-state index in [1.807, 2.05) is 45.2 Å². The van der Waals surface area contributed by atoms with Crippen LogP contribution in [0.15, 0.2) is 29.8 Å². The van der Waals surface area contributed by atoms with Gasteiger partial charge in [0.1, 0.15) is 0 Å². The third kappa shape index (κ3) is 4.71. The van der Waals surface area contributed by atoms with Crippen molar-refractivity contribution in [1.82, 2.24) is 25.4 Å². The Kier molecular flexibility index (Phi) is 5.27. The molecule has 0 aliphatic carbocycles. The predicted molar refractivity (Wildman–Crippen MR) is 106 cm³/mol. The minimum Gasteiger partial charge on any atom is -0.350 e. The topological polar surface area (TPSA) is 88.9 Å². The van der Waals surface area contributed by atoms with Gasteiger partial charge in [-0.15, -0.1) is 11.3 Å². The van der Waals surface area contributed by atoms with Gasteiger partial charge in [-0.05, 0) is 45.2 Å². The summed E-state index contributed by atoms with van der Waals surface area (Å²) in [6.07, 6.45) is 1.65. The molecule has 8 heteroatoms. The number of pyridine rings is 1. The molecular weight excluding hydrogens is 362 g/mol. The lowest BCUT2D eigenvalue weighted by Crippen LogP contribution is -2.45. The van der Waals surface area contributed by atoms with Gasteiger partial charge in [0.15, 0.2) is 5.65 Å². The Bertz CT molecular complexity index is 970. The largest absolute Gasteiger partial charge is 0.350 e. The Labute approximate surface area is 161 Å². The Hall–Kier alpha value is -2.74. The molecule has 0 saturated carbocycles. The van der Waals surface area contributed by atoms with Crippen LogP contribution in [-0.2, 0) is 11.3 Å². The fourth-order valence-corrected chi connectivity index (χ4v) is 3.43. The second kappa shape index (κ2) is 7.48. The van der Waals surface area contributed by atoms with Crippen molar-refractivity contribution in [1.29, 1.82) is 0 Å². The van der Waals surface area contributed by atoms with Crippen LogP contribution in [0.1, 0.15) is 41.7 Å². The van der Waals surface area contributed by atoms with Crippen LogP contribution < -0.4 is 10.6 Å². The number of thiophene rings is 1. The maximum absolute atomic E-state index is 12.7. The number of nitrogens with zero attached hydrogens (tertiary/aromatic N) is 3. The van der Waals surface area contributed by atoms with E-state index in [9.17, 15) is 9.59 Å². The van der Waals surface area contributed by atoms with Crippen LogP contribution in [0.4, 0.5) is 0 Å². The zero-order valence-electron chi connectivity index (χ0n) is 15.9. The minimum absolute atomic E-state index is 0.0811. The Morgan fingerprint density at radius 3 is 2.74 bits per heavy atom. The number of hydrogen-bond donors (Lipinski definition) is 2. The van der Waals surface area contributed by atoms with Gasteiger partial charge in [0.2, 0.25) is 5.91 Å². The van der Waals surface area contributed by atoms with E-state index in [4.69, 9.17) is 0 Å². The summed E-state index contributed by atoms with van der Waals surface area (Å²) in [6.45, 7) is 8.04. The number of amides is 2. The summed E-state index contributed by atoms with van der Waals surface area (Å²) < 4.78 is 1.79. The molecular formula is C19H23N5O2S. The molecule has 0 aliphatic heterocycles. The normalized spacial score (nSPS) is 11.6. The molecule has 3 heterocycles. The molecule has 0 saturated heterocycles. The molecule has 0 aromatic carbocycles. The highest BCUT2D eigenvalue weighted by molar-refractivity contribution is 7.09. The fourth-order valence-electron chi connectivity index (χ4n) is 2.74. The van der Waals surface area contributed by atoms with Gasteiger partial charge < -0.3 is 10.6 Å². The van der Waals surface area contributed by atoms with E-state index in [1.165, 1.54) is 0 Å². The summed E-state index contributed by atoms with van der Waals surface area (Å²) in [5.74, 6) is -0.545. The van der Waals surface area contributed by atoms with Gasteiger partial charge in [0, 0.05) is 16.1 Å². The highest BCUT2D eigenvalue weighted by Crippen LogP contribution is 2.20. The molecule has 0 spiro atoms. The molecule has 0 atom stereocenters. The number of nitrogens with one attached hydrogen (secondary N) is 2. The number of aryl methyl sites for hydroxylation is 1. The van der Waals surface area contributed by atoms with Gasteiger partial charge >= 0.3 is 0 Å². The van der Waals surface area contributed by atoms with E-state index in [0.29, 0.717) is 23.1 Å². The quantitative estimate of drug-likeness (QED) is 0.706. The molecule has 27 heavy (non-hydrogen) atoms. The number of fused-ring (bicyclic) bond motifs is 1. The molecule has 142 valence electrons. The molecule has 0 aliphatic rings. The van der Waals surface area contributed by atoms with E-state index in [-0.39, 0.29) is 23.9 Å². The molecule has 3 aromatic rings. The average Bonchev–Trinajstić information content (AvgIpc) is 3.21. The average molecular weight is 385 g/mol. The van der Waals surface area contributed by atoms with Crippen LogP contribution in [-0.4, -0.2) is 38.7 Å². The highest BCUT2D eigenvalue weighted by atomic mass is 32.1. The standard InChI is InChI=1S/C19H23N5O2S/c1-12-8-14(18(26)20-10-16(25)23-19(2,3)4)15-9-21-24(17(15)22-12)11-13-6-5-7-27-13/h5-9H,10-11H2,1-4H3,(H,20,26)(H,23,25). The number of carbonyl (C=O) groups is 2. The Morgan fingerprint density at radius 2 is 2.07 bits per heavy atom. The molecule has 2 amide bonds. The second-order valence-corrected chi connectivity index (χ2v) is 8.44. The summed E-state index contributed by atoms with van der Waals surface area (Å²) in [5, 5.41) is 12.6. The van der Waals surface area contributed by atoms with Gasteiger partial charge in [0.05, 0.1) is 30.2 Å². The molecule has 0 radical (unpaired) electrons. The summed E-state index contributed by atoms with van der Waals surface area (Å²) in [5.41, 5.74) is 1.51. The Balaban J connectivity index is 1.81. The van der Waals surface area contributed by atoms with Crippen molar-refractivity contribution >= 4 is 34.2 Å². The number of carbonyl (C=O) groups excluding carboxylic acids is 2. The predicted octanol–water partition coefficient (Wildman–Crippen LogP) is 2.49. The zero-order valence-corrected chi connectivity index (χ0v) is 16.7. The monoisotopic (exact) mass is 385 g/mol. The first kappa shape index (κ1) is 19.0. The van der Waals surface area contributed by atoms with Crippen LogP contribution >= 0.6 is 11.3 Å². The Morgan fingerprint density at radius 1 is 1.30 bits per heavy atom. The number of aromatic nitrogens is 3. The second-order valence-electron chi connectivity index (χ2n) is 7.41. The van der Waals surface area contributed by atoms with Gasteiger partial charge in [-0.3, -0.25) is 9.59 Å². The van der Waals surface area contributed by atoms with Gasteiger partial charge in [0.25, 0.3) is 5.91 Å². The third-order valence-corrected chi connectivity index (χ3v) is 4.65. The smallest absolute Gasteiger partial charge is 0.252 e. The molecule has 7 nitrogen and oxygen atoms in total. The van der Waals surface area contributed by atoms with Crippen LogP contribution in [0.5, 0.6) is 0 Å². The van der Waals surface area contributed by atoms with Crippen molar-refractivity contribution in [2.24, 2.45) is 0 Å². The molecule has 3 aromatic heterocycles. The zero-order chi connectivity index (χ0) is 19.6. The van der Waals surface area contributed by atoms with E-state index >= 15 is 0 Å². The highest BCUT2D eigenvalue weighted by Gasteiger charge is 2.18. The van der Waals surface area contributed by atoms with Crippen molar-refractivity contribution < 1.29 is 9.59 Å². The van der Waals surface area contributed by atoms with E-state index in [2.05, 4.69) is 20.7 Å². The maximum Gasteiger partial charge on any atom is 0.252 e. The summed E-state index contributed by atoms with van der Waals surface area (Å²) in [6, 6.07) is 5.75. The van der Waals surface area contributed by atoms with Crippen molar-refractivity contribution in [3.63, 3.8) is 0 Å². The molecule has 2 N–H and O–H groups in total. The SMILES string of the molecule is Cc1cc(C(=O)NCC(=O)NC(C)(C)C)c2cnn(Cc3cccs3)c2n1. The third-order valence-electron chi connectivity index (χ3n) is 3.79. The van der Waals surface area contributed by atoms with Crippen molar-refractivity contribution in [2.75, 3.05) is 6.54 Å². The van der Waals surface area contributed by atoms with Crippen LogP contribution in [0, 0.1) is 6.92 Å². The van der Waals surface area contributed by atoms with Crippen LogP contribution in [0.25, 0.3) is 11.0 Å². The molecule has 0 unspecified atom stereocenters. The lowest BCUT2D eigenvalue weighted by Gasteiger charge is -2.20. The van der Waals surface area contributed by atoms with Gasteiger partial charge in [-0.25, -0.2) is 9.67 Å². The number of rotatable bonds is 5. The van der Waals surface area contributed by atoms with Gasteiger partial charge in [-0.1, -0.05) is 6.07 Å². The fraction of sp³-hybridized carbons (Fsp3) is 0.368. The van der Waals surface area contributed by atoms with Crippen molar-refractivity contribution in [3.05, 3.63) is 45.9 Å². The van der Waals surface area contributed by atoms with E-state index in [0.717, 1.165) is 10.6 Å². The molecule has 3 rings (SSSR count). The first-order valence-corrected chi connectivity index (χ1v) is 9.56. The number of hydrogen-bond acceptors (Lipinski definition) is 5. The first-order chi connectivity index (χ1) is 12.7. The minimum atomic E-state index is -0.342. The lowest BCUT2D eigenvalue weighted by atomic mass is 10.1.